The molecule has 2 aromatic rings. The standard InChI is InChI=1S/C11H10N2O2S.ClH/c1-6-9(11(14)15)16-10(13-6)7-3-2-4-8(12)5-7;/h2-5H,12H2,1H3,(H,14,15);1H. The molecule has 0 saturated carbocycles. The minimum Gasteiger partial charge on any atom is -0.477 e. The van der Waals surface area contributed by atoms with E-state index in [0.717, 1.165) is 16.9 Å². The Hall–Kier alpha value is -1.59. The summed E-state index contributed by atoms with van der Waals surface area (Å²) in [5, 5.41) is 9.61. The first-order valence-electron chi connectivity index (χ1n) is 4.64. The van der Waals surface area contributed by atoms with E-state index in [9.17, 15) is 4.79 Å². The molecule has 0 atom stereocenters. The Labute approximate surface area is 109 Å². The quantitative estimate of drug-likeness (QED) is 0.823. The van der Waals surface area contributed by atoms with Gasteiger partial charge < -0.3 is 10.8 Å². The number of aryl methyl sites for hydroxylation is 1. The summed E-state index contributed by atoms with van der Waals surface area (Å²) in [6.07, 6.45) is 0. The number of hydrogen-bond acceptors (Lipinski definition) is 4. The fourth-order valence-corrected chi connectivity index (χ4v) is 2.29. The number of nitrogens with zero attached hydrogens (tertiary/aromatic N) is 1. The van der Waals surface area contributed by atoms with Crippen LogP contribution in [0.2, 0.25) is 0 Å². The number of rotatable bonds is 2. The molecule has 0 unspecified atom stereocenters. The number of nitrogens with two attached hydrogens (primary N) is 1. The molecule has 1 aromatic heterocycles. The third-order valence-corrected chi connectivity index (χ3v) is 3.32. The Morgan fingerprint density at radius 1 is 1.47 bits per heavy atom. The largest absolute Gasteiger partial charge is 0.477 e. The molecule has 0 saturated heterocycles. The third-order valence-electron chi connectivity index (χ3n) is 2.12. The fraction of sp³-hybridized carbons (Fsp3) is 0.0909. The number of carbonyl (C=O) groups is 1. The maximum absolute atomic E-state index is 10.9. The molecule has 1 heterocycles. The van der Waals surface area contributed by atoms with Crippen LogP contribution in [0.5, 0.6) is 0 Å². The molecule has 4 nitrogen and oxygen atoms in total. The van der Waals surface area contributed by atoms with Crippen molar-refractivity contribution in [1.29, 1.82) is 0 Å². The van der Waals surface area contributed by atoms with Crippen molar-refractivity contribution in [2.45, 2.75) is 6.92 Å². The number of benzene rings is 1. The van der Waals surface area contributed by atoms with Gasteiger partial charge in [0.15, 0.2) is 0 Å². The first-order valence-corrected chi connectivity index (χ1v) is 5.46. The highest BCUT2D eigenvalue weighted by Crippen LogP contribution is 2.28. The summed E-state index contributed by atoms with van der Waals surface area (Å²) in [5.41, 5.74) is 7.69. The number of carboxylic acid groups (broad SMARTS) is 1. The molecule has 90 valence electrons. The monoisotopic (exact) mass is 270 g/mol. The second-order valence-corrected chi connectivity index (χ2v) is 4.36. The van der Waals surface area contributed by atoms with Crippen LogP contribution in [0.25, 0.3) is 10.6 Å². The zero-order valence-electron chi connectivity index (χ0n) is 9.01. The maximum atomic E-state index is 10.9. The lowest BCUT2D eigenvalue weighted by molar-refractivity contribution is 0.0701. The van der Waals surface area contributed by atoms with Gasteiger partial charge in [-0.15, -0.1) is 23.7 Å². The molecule has 1 aromatic carbocycles. The smallest absolute Gasteiger partial charge is 0.347 e. The molecule has 0 fully saturated rings. The Morgan fingerprint density at radius 2 is 2.18 bits per heavy atom. The highest BCUT2D eigenvalue weighted by atomic mass is 35.5. The van der Waals surface area contributed by atoms with E-state index in [4.69, 9.17) is 10.8 Å². The predicted molar refractivity (Wildman–Crippen MR) is 70.9 cm³/mol. The Kier molecular flexibility index (Phi) is 4.09. The van der Waals surface area contributed by atoms with E-state index in [2.05, 4.69) is 4.98 Å². The van der Waals surface area contributed by atoms with Crippen molar-refractivity contribution in [3.8, 4) is 10.6 Å². The summed E-state index contributed by atoms with van der Waals surface area (Å²) in [6.45, 7) is 1.69. The first kappa shape index (κ1) is 13.5. The number of thiazole rings is 1. The van der Waals surface area contributed by atoms with Crippen LogP contribution in [-0.2, 0) is 0 Å². The van der Waals surface area contributed by atoms with Crippen molar-refractivity contribution < 1.29 is 9.90 Å². The van der Waals surface area contributed by atoms with Crippen molar-refractivity contribution in [1.82, 2.24) is 4.98 Å². The van der Waals surface area contributed by atoms with Crippen molar-refractivity contribution in [3.05, 3.63) is 34.8 Å². The topological polar surface area (TPSA) is 76.2 Å². The minimum absolute atomic E-state index is 0. The van der Waals surface area contributed by atoms with Gasteiger partial charge in [-0.1, -0.05) is 12.1 Å². The number of aromatic carboxylic acids is 1. The van der Waals surface area contributed by atoms with E-state index in [-0.39, 0.29) is 17.3 Å². The van der Waals surface area contributed by atoms with Gasteiger partial charge in [0, 0.05) is 11.3 Å². The molecule has 0 bridgehead atoms. The summed E-state index contributed by atoms with van der Waals surface area (Å²) in [6, 6.07) is 7.24. The summed E-state index contributed by atoms with van der Waals surface area (Å²) in [7, 11) is 0. The highest BCUT2D eigenvalue weighted by molar-refractivity contribution is 7.17. The summed E-state index contributed by atoms with van der Waals surface area (Å²) in [4.78, 5) is 15.4. The molecule has 3 N–H and O–H groups in total. The van der Waals surface area contributed by atoms with Gasteiger partial charge in [-0.05, 0) is 19.1 Å². The number of carboxylic acids is 1. The SMILES string of the molecule is Cc1nc(-c2cccc(N)c2)sc1C(=O)O.Cl. The average Bonchev–Trinajstić information content (AvgIpc) is 2.60. The maximum Gasteiger partial charge on any atom is 0.347 e. The molecule has 6 heteroatoms. The first-order chi connectivity index (χ1) is 7.58. The second-order valence-electron chi connectivity index (χ2n) is 3.36. The number of hydrogen-bond donors (Lipinski definition) is 2. The molecule has 17 heavy (non-hydrogen) atoms. The summed E-state index contributed by atoms with van der Waals surface area (Å²) in [5.74, 6) is -0.940. The molecular formula is C11H11ClN2O2S. The van der Waals surface area contributed by atoms with Crippen LogP contribution in [0.3, 0.4) is 0 Å². The van der Waals surface area contributed by atoms with Crippen LogP contribution in [0.1, 0.15) is 15.4 Å². The number of halogens is 1. The van der Waals surface area contributed by atoms with Crippen LogP contribution in [0.15, 0.2) is 24.3 Å². The highest BCUT2D eigenvalue weighted by Gasteiger charge is 2.14. The molecule has 0 aliphatic heterocycles. The van der Waals surface area contributed by atoms with Crippen LogP contribution < -0.4 is 5.73 Å². The lowest BCUT2D eigenvalue weighted by Crippen LogP contribution is -1.94. The zero-order valence-corrected chi connectivity index (χ0v) is 10.6. The number of anilines is 1. The zero-order chi connectivity index (χ0) is 11.7. The van der Waals surface area contributed by atoms with E-state index in [1.54, 1.807) is 19.1 Å². The molecular weight excluding hydrogens is 260 g/mol. The fourth-order valence-electron chi connectivity index (χ4n) is 1.39. The molecule has 0 aliphatic rings. The van der Waals surface area contributed by atoms with Gasteiger partial charge in [0.25, 0.3) is 0 Å². The van der Waals surface area contributed by atoms with Gasteiger partial charge in [0.05, 0.1) is 5.69 Å². The van der Waals surface area contributed by atoms with E-state index < -0.39 is 5.97 Å². The van der Waals surface area contributed by atoms with E-state index in [1.807, 2.05) is 12.1 Å². The van der Waals surface area contributed by atoms with Gasteiger partial charge in [0.2, 0.25) is 0 Å². The van der Waals surface area contributed by atoms with Gasteiger partial charge in [0.1, 0.15) is 9.88 Å². The molecule has 0 spiro atoms. The normalized spacial score (nSPS) is 9.71. The van der Waals surface area contributed by atoms with Crippen LogP contribution in [0.4, 0.5) is 5.69 Å². The van der Waals surface area contributed by atoms with Crippen LogP contribution in [0, 0.1) is 6.92 Å². The number of aromatic nitrogens is 1. The lowest BCUT2D eigenvalue weighted by Gasteiger charge is -1.96. The lowest BCUT2D eigenvalue weighted by atomic mass is 10.2. The summed E-state index contributed by atoms with van der Waals surface area (Å²) >= 11 is 1.16. The van der Waals surface area contributed by atoms with Crippen molar-refractivity contribution in [3.63, 3.8) is 0 Å². The van der Waals surface area contributed by atoms with Gasteiger partial charge >= 0.3 is 5.97 Å². The predicted octanol–water partition coefficient (Wildman–Crippen LogP) is 2.82. The van der Waals surface area contributed by atoms with Gasteiger partial charge in [-0.2, -0.15) is 0 Å². The molecule has 0 amide bonds. The van der Waals surface area contributed by atoms with Crippen LogP contribution >= 0.6 is 23.7 Å². The number of nitrogen functional groups attached to an aromatic ring is 1. The van der Waals surface area contributed by atoms with Crippen LogP contribution in [-0.4, -0.2) is 16.1 Å². The Balaban J connectivity index is 0.00000144. The average molecular weight is 271 g/mol. The van der Waals surface area contributed by atoms with E-state index >= 15 is 0 Å². The van der Waals surface area contributed by atoms with E-state index in [0.29, 0.717) is 16.4 Å². The Bertz CT molecular complexity index is 554. The van der Waals surface area contributed by atoms with E-state index in [1.165, 1.54) is 0 Å². The minimum atomic E-state index is -0.940. The third kappa shape index (κ3) is 2.75. The molecule has 2 rings (SSSR count). The van der Waals surface area contributed by atoms with Gasteiger partial charge in [-0.3, -0.25) is 0 Å². The van der Waals surface area contributed by atoms with Crippen molar-refractivity contribution in [2.24, 2.45) is 0 Å². The second kappa shape index (κ2) is 5.16. The molecule has 0 aliphatic carbocycles. The molecule has 0 radical (unpaired) electrons. The Morgan fingerprint density at radius 3 is 2.71 bits per heavy atom. The van der Waals surface area contributed by atoms with Gasteiger partial charge in [-0.25, -0.2) is 9.78 Å². The summed E-state index contributed by atoms with van der Waals surface area (Å²) < 4.78 is 0. The van der Waals surface area contributed by atoms with Crippen molar-refractivity contribution >= 4 is 35.4 Å². The van der Waals surface area contributed by atoms with Crippen molar-refractivity contribution in [2.75, 3.05) is 5.73 Å².